The SMILES string of the molecule is C[C@H](Oc1cccc(F)c1)C(=O)O. The normalized spacial score (nSPS) is 12.2. The molecule has 0 unspecified atom stereocenters. The number of hydrogen-bond donors (Lipinski definition) is 1. The van der Waals surface area contributed by atoms with Gasteiger partial charge in [-0.2, -0.15) is 0 Å². The lowest BCUT2D eigenvalue weighted by molar-refractivity contribution is -0.144. The summed E-state index contributed by atoms with van der Waals surface area (Å²) in [6, 6.07) is 5.36. The summed E-state index contributed by atoms with van der Waals surface area (Å²) in [4.78, 5) is 10.4. The van der Waals surface area contributed by atoms with Crippen LogP contribution < -0.4 is 4.74 Å². The molecule has 1 aromatic carbocycles. The van der Waals surface area contributed by atoms with Crippen molar-refractivity contribution in [3.8, 4) is 5.75 Å². The molecule has 13 heavy (non-hydrogen) atoms. The second kappa shape index (κ2) is 3.89. The minimum atomic E-state index is -1.08. The van der Waals surface area contributed by atoms with Gasteiger partial charge in [-0.05, 0) is 19.1 Å². The first kappa shape index (κ1) is 9.51. The summed E-state index contributed by atoms with van der Waals surface area (Å²) < 4.78 is 17.5. The second-order valence-corrected chi connectivity index (χ2v) is 2.56. The predicted octanol–water partition coefficient (Wildman–Crippen LogP) is 1.68. The Balaban J connectivity index is 2.69. The number of carboxylic acids is 1. The highest BCUT2D eigenvalue weighted by atomic mass is 19.1. The number of carboxylic acid groups (broad SMARTS) is 1. The van der Waals surface area contributed by atoms with Crippen LogP contribution in [0, 0.1) is 5.82 Å². The van der Waals surface area contributed by atoms with Crippen LogP contribution in [0.3, 0.4) is 0 Å². The summed E-state index contributed by atoms with van der Waals surface area (Å²) >= 11 is 0. The van der Waals surface area contributed by atoms with Gasteiger partial charge in [-0.15, -0.1) is 0 Å². The molecule has 1 rings (SSSR count). The van der Waals surface area contributed by atoms with Crippen LogP contribution in [0.2, 0.25) is 0 Å². The Morgan fingerprint density at radius 3 is 2.85 bits per heavy atom. The van der Waals surface area contributed by atoms with E-state index in [9.17, 15) is 9.18 Å². The first-order valence-corrected chi connectivity index (χ1v) is 3.74. The van der Waals surface area contributed by atoms with E-state index in [1.807, 2.05) is 0 Å². The molecule has 0 bridgehead atoms. The Morgan fingerprint density at radius 1 is 1.62 bits per heavy atom. The average molecular weight is 184 g/mol. The molecule has 0 radical (unpaired) electrons. The van der Waals surface area contributed by atoms with Crippen LogP contribution in [0.25, 0.3) is 0 Å². The summed E-state index contributed by atoms with van der Waals surface area (Å²) in [5, 5.41) is 8.49. The second-order valence-electron chi connectivity index (χ2n) is 2.56. The van der Waals surface area contributed by atoms with Gasteiger partial charge in [0.15, 0.2) is 6.10 Å². The highest BCUT2D eigenvalue weighted by molar-refractivity contribution is 5.72. The number of benzene rings is 1. The van der Waals surface area contributed by atoms with E-state index in [2.05, 4.69) is 0 Å². The number of rotatable bonds is 3. The van der Waals surface area contributed by atoms with E-state index in [0.29, 0.717) is 0 Å². The number of ether oxygens (including phenoxy) is 1. The van der Waals surface area contributed by atoms with Crippen molar-refractivity contribution in [2.45, 2.75) is 13.0 Å². The van der Waals surface area contributed by atoms with Crippen molar-refractivity contribution in [1.82, 2.24) is 0 Å². The van der Waals surface area contributed by atoms with Crippen LogP contribution in [0.4, 0.5) is 4.39 Å². The number of carbonyl (C=O) groups is 1. The molecule has 70 valence electrons. The molecule has 0 aliphatic carbocycles. The van der Waals surface area contributed by atoms with Crippen LogP contribution >= 0.6 is 0 Å². The zero-order chi connectivity index (χ0) is 9.84. The van der Waals surface area contributed by atoms with E-state index in [4.69, 9.17) is 9.84 Å². The largest absolute Gasteiger partial charge is 0.479 e. The van der Waals surface area contributed by atoms with Gasteiger partial charge in [-0.1, -0.05) is 6.07 Å². The summed E-state index contributed by atoms with van der Waals surface area (Å²) in [6.07, 6.45) is -0.971. The number of hydrogen-bond acceptors (Lipinski definition) is 2. The number of halogens is 1. The maximum atomic E-state index is 12.6. The molecule has 0 fully saturated rings. The third-order valence-electron chi connectivity index (χ3n) is 1.46. The van der Waals surface area contributed by atoms with Crippen LogP contribution in [0.1, 0.15) is 6.92 Å². The highest BCUT2D eigenvalue weighted by Crippen LogP contribution is 2.13. The third kappa shape index (κ3) is 2.74. The lowest BCUT2D eigenvalue weighted by Gasteiger charge is -2.09. The molecule has 0 amide bonds. The van der Waals surface area contributed by atoms with Crippen molar-refractivity contribution in [2.75, 3.05) is 0 Å². The zero-order valence-electron chi connectivity index (χ0n) is 7.03. The Bertz CT molecular complexity index is 311. The highest BCUT2D eigenvalue weighted by Gasteiger charge is 2.12. The van der Waals surface area contributed by atoms with Crippen molar-refractivity contribution in [1.29, 1.82) is 0 Å². The first-order chi connectivity index (χ1) is 6.09. The van der Waals surface area contributed by atoms with E-state index in [-0.39, 0.29) is 5.75 Å². The quantitative estimate of drug-likeness (QED) is 0.777. The lowest BCUT2D eigenvalue weighted by Crippen LogP contribution is -2.22. The smallest absolute Gasteiger partial charge is 0.344 e. The van der Waals surface area contributed by atoms with E-state index < -0.39 is 17.9 Å². The maximum Gasteiger partial charge on any atom is 0.344 e. The van der Waals surface area contributed by atoms with Crippen molar-refractivity contribution in [3.63, 3.8) is 0 Å². The molecule has 1 N–H and O–H groups in total. The lowest BCUT2D eigenvalue weighted by atomic mass is 10.3. The Morgan fingerprint density at radius 2 is 2.31 bits per heavy atom. The standard InChI is InChI=1S/C9H9FO3/c1-6(9(11)12)13-8-4-2-3-7(10)5-8/h2-6H,1H3,(H,11,12)/t6-/m0/s1. The van der Waals surface area contributed by atoms with Crippen LogP contribution in [-0.2, 0) is 4.79 Å². The molecular weight excluding hydrogens is 175 g/mol. The zero-order valence-corrected chi connectivity index (χ0v) is 7.03. The minimum Gasteiger partial charge on any atom is -0.479 e. The topological polar surface area (TPSA) is 46.5 Å². The average Bonchev–Trinajstić information content (AvgIpc) is 2.04. The fourth-order valence-electron chi connectivity index (χ4n) is 0.795. The molecule has 0 spiro atoms. The summed E-state index contributed by atoms with van der Waals surface area (Å²) in [6.45, 7) is 1.38. The van der Waals surface area contributed by atoms with Gasteiger partial charge in [-0.25, -0.2) is 9.18 Å². The van der Waals surface area contributed by atoms with E-state index in [0.717, 1.165) is 6.07 Å². The minimum absolute atomic E-state index is 0.218. The van der Waals surface area contributed by atoms with E-state index >= 15 is 0 Å². The Labute approximate surface area is 74.8 Å². The fraction of sp³-hybridized carbons (Fsp3) is 0.222. The van der Waals surface area contributed by atoms with Crippen molar-refractivity contribution in [2.24, 2.45) is 0 Å². The van der Waals surface area contributed by atoms with Crippen molar-refractivity contribution >= 4 is 5.97 Å². The van der Waals surface area contributed by atoms with Gasteiger partial charge in [-0.3, -0.25) is 0 Å². The molecule has 4 heteroatoms. The van der Waals surface area contributed by atoms with Crippen molar-refractivity contribution < 1.29 is 19.0 Å². The molecule has 1 atom stereocenters. The molecular formula is C9H9FO3. The maximum absolute atomic E-state index is 12.6. The molecule has 0 heterocycles. The van der Waals surface area contributed by atoms with Crippen LogP contribution in [0.5, 0.6) is 5.75 Å². The molecule has 3 nitrogen and oxygen atoms in total. The fourth-order valence-corrected chi connectivity index (χ4v) is 0.795. The molecule has 0 aliphatic heterocycles. The van der Waals surface area contributed by atoms with Gasteiger partial charge < -0.3 is 9.84 Å². The Kier molecular flexibility index (Phi) is 2.84. The monoisotopic (exact) mass is 184 g/mol. The van der Waals surface area contributed by atoms with Crippen molar-refractivity contribution in [3.05, 3.63) is 30.1 Å². The Hall–Kier alpha value is -1.58. The van der Waals surface area contributed by atoms with Gasteiger partial charge >= 0.3 is 5.97 Å². The van der Waals surface area contributed by atoms with Gasteiger partial charge in [0.2, 0.25) is 0 Å². The first-order valence-electron chi connectivity index (χ1n) is 3.74. The van der Waals surface area contributed by atoms with Crippen LogP contribution in [0.15, 0.2) is 24.3 Å². The van der Waals surface area contributed by atoms with Gasteiger partial charge in [0.25, 0.3) is 0 Å². The molecule has 1 aromatic rings. The van der Waals surface area contributed by atoms with Gasteiger partial charge in [0.05, 0.1) is 0 Å². The van der Waals surface area contributed by atoms with Gasteiger partial charge in [0.1, 0.15) is 11.6 Å². The molecule has 0 aromatic heterocycles. The molecule has 0 saturated carbocycles. The molecule has 0 saturated heterocycles. The summed E-state index contributed by atoms with van der Waals surface area (Å²) in [7, 11) is 0. The van der Waals surface area contributed by atoms with Gasteiger partial charge in [0, 0.05) is 6.07 Å². The molecule has 0 aliphatic rings. The van der Waals surface area contributed by atoms with E-state index in [1.54, 1.807) is 0 Å². The predicted molar refractivity (Wildman–Crippen MR) is 44.1 cm³/mol. The van der Waals surface area contributed by atoms with Crippen LogP contribution in [-0.4, -0.2) is 17.2 Å². The third-order valence-corrected chi connectivity index (χ3v) is 1.46. The summed E-state index contributed by atoms with van der Waals surface area (Å²) in [5.74, 6) is -1.31. The van der Waals surface area contributed by atoms with E-state index in [1.165, 1.54) is 25.1 Å². The summed E-state index contributed by atoms with van der Waals surface area (Å²) in [5.41, 5.74) is 0. The number of aliphatic carboxylic acids is 1.